The summed E-state index contributed by atoms with van der Waals surface area (Å²) in [5.74, 6) is -0.746. The first kappa shape index (κ1) is 13.1. The summed E-state index contributed by atoms with van der Waals surface area (Å²) in [6.45, 7) is 0. The Morgan fingerprint density at radius 2 is 2.00 bits per heavy atom. The lowest BCUT2D eigenvalue weighted by Crippen LogP contribution is -2.11. The number of carbonyl (C=O) groups excluding carboxylic acids is 1. The van der Waals surface area contributed by atoms with Crippen LogP contribution in [0.2, 0.25) is 0 Å². The number of halogens is 1. The summed E-state index contributed by atoms with van der Waals surface area (Å²) in [4.78, 5) is 10.7. The summed E-state index contributed by atoms with van der Waals surface area (Å²) in [7, 11) is -4.38. The molecule has 0 saturated carbocycles. The van der Waals surface area contributed by atoms with E-state index >= 15 is 0 Å². The molecule has 0 spiro atoms. The van der Waals surface area contributed by atoms with Gasteiger partial charge >= 0.3 is 5.97 Å². The second-order valence-electron chi connectivity index (χ2n) is 2.83. The van der Waals surface area contributed by atoms with Crippen LogP contribution in [-0.2, 0) is 14.9 Å². The smallest absolute Gasteiger partial charge is 0.312 e. The Kier molecular flexibility index (Phi) is 4.45. The van der Waals surface area contributed by atoms with E-state index < -0.39 is 21.0 Å². The first-order chi connectivity index (χ1) is 7.45. The van der Waals surface area contributed by atoms with Gasteiger partial charge in [-0.3, -0.25) is 9.35 Å². The van der Waals surface area contributed by atoms with Crippen molar-refractivity contribution in [2.45, 2.75) is 11.3 Å². The highest BCUT2D eigenvalue weighted by Crippen LogP contribution is 2.23. The number of hydrogen-bond acceptors (Lipinski definition) is 4. The van der Waals surface area contributed by atoms with Crippen molar-refractivity contribution in [3.8, 4) is 5.75 Å². The molecule has 0 saturated heterocycles. The first-order valence-corrected chi connectivity index (χ1v) is 6.84. The van der Waals surface area contributed by atoms with E-state index in [4.69, 9.17) is 9.29 Å². The summed E-state index contributed by atoms with van der Waals surface area (Å²) in [6.07, 6.45) is 0.111. The van der Waals surface area contributed by atoms with Gasteiger partial charge in [0, 0.05) is 5.33 Å². The van der Waals surface area contributed by atoms with Gasteiger partial charge in [0.25, 0.3) is 10.1 Å². The van der Waals surface area contributed by atoms with Crippen LogP contribution in [0, 0.1) is 0 Å². The molecule has 0 fully saturated rings. The van der Waals surface area contributed by atoms with E-state index in [9.17, 15) is 13.2 Å². The summed E-state index contributed by atoms with van der Waals surface area (Å²) in [5.41, 5.74) is 0. The number of benzene rings is 1. The Bertz CT molecular complexity index is 482. The average Bonchev–Trinajstić information content (AvgIpc) is 2.17. The van der Waals surface area contributed by atoms with E-state index in [1.165, 1.54) is 18.2 Å². The lowest BCUT2D eigenvalue weighted by Gasteiger charge is -2.06. The lowest BCUT2D eigenvalue weighted by molar-refractivity contribution is -0.134. The molecule has 0 heterocycles. The van der Waals surface area contributed by atoms with Crippen molar-refractivity contribution >= 4 is 32.0 Å². The molecule has 0 radical (unpaired) electrons. The third-order valence-electron chi connectivity index (χ3n) is 1.65. The monoisotopic (exact) mass is 308 g/mol. The molecule has 0 bridgehead atoms. The molecular weight excluding hydrogens is 300 g/mol. The number of alkyl halides is 1. The number of rotatable bonds is 4. The van der Waals surface area contributed by atoms with E-state index in [1.54, 1.807) is 0 Å². The maximum atomic E-state index is 11.2. The van der Waals surface area contributed by atoms with E-state index in [0.717, 1.165) is 6.07 Å². The first-order valence-electron chi connectivity index (χ1n) is 4.28. The minimum Gasteiger partial charge on any atom is -0.425 e. The fourth-order valence-corrected chi connectivity index (χ4v) is 1.94. The largest absolute Gasteiger partial charge is 0.425 e. The Balaban J connectivity index is 3.01. The molecule has 0 aromatic heterocycles. The van der Waals surface area contributed by atoms with Gasteiger partial charge < -0.3 is 4.74 Å². The van der Waals surface area contributed by atoms with Crippen LogP contribution in [0.1, 0.15) is 6.42 Å². The molecule has 0 aliphatic rings. The predicted molar refractivity (Wildman–Crippen MR) is 60.3 cm³/mol. The molecule has 1 aromatic rings. The fourth-order valence-electron chi connectivity index (χ4n) is 0.998. The molecule has 16 heavy (non-hydrogen) atoms. The van der Waals surface area contributed by atoms with Crippen molar-refractivity contribution in [3.63, 3.8) is 0 Å². The average molecular weight is 309 g/mol. The maximum absolute atomic E-state index is 11.2. The van der Waals surface area contributed by atoms with Gasteiger partial charge in [-0.05, 0) is 12.1 Å². The zero-order chi connectivity index (χ0) is 12.2. The minimum atomic E-state index is -4.38. The molecule has 7 heteroatoms. The van der Waals surface area contributed by atoms with Crippen molar-refractivity contribution < 1.29 is 22.5 Å². The Morgan fingerprint density at radius 3 is 2.56 bits per heavy atom. The van der Waals surface area contributed by atoms with Gasteiger partial charge in [0.1, 0.15) is 4.90 Å². The van der Waals surface area contributed by atoms with Gasteiger partial charge in [-0.25, -0.2) is 0 Å². The van der Waals surface area contributed by atoms with Crippen LogP contribution in [0.15, 0.2) is 29.2 Å². The number of para-hydroxylation sites is 1. The van der Waals surface area contributed by atoms with Crippen LogP contribution >= 0.6 is 15.9 Å². The Morgan fingerprint density at radius 1 is 1.38 bits per heavy atom. The van der Waals surface area contributed by atoms with Crippen molar-refractivity contribution in [2.24, 2.45) is 0 Å². The van der Waals surface area contributed by atoms with Crippen LogP contribution in [0.4, 0.5) is 0 Å². The number of carbonyl (C=O) groups is 1. The van der Waals surface area contributed by atoms with E-state index in [1.807, 2.05) is 0 Å². The van der Waals surface area contributed by atoms with E-state index in [0.29, 0.717) is 5.33 Å². The van der Waals surface area contributed by atoms with Crippen LogP contribution in [0.5, 0.6) is 5.75 Å². The number of hydrogen-bond donors (Lipinski definition) is 1. The van der Waals surface area contributed by atoms with Crippen LogP contribution in [-0.4, -0.2) is 24.3 Å². The second-order valence-corrected chi connectivity index (χ2v) is 5.02. The molecule has 1 rings (SSSR count). The molecule has 0 amide bonds. The summed E-state index contributed by atoms with van der Waals surface area (Å²) in [6, 6.07) is 5.39. The lowest BCUT2D eigenvalue weighted by atomic mass is 10.3. The van der Waals surface area contributed by atoms with Crippen LogP contribution < -0.4 is 4.74 Å². The SMILES string of the molecule is O=C(CCBr)Oc1ccccc1S(=O)(=O)O. The maximum Gasteiger partial charge on any atom is 0.312 e. The van der Waals surface area contributed by atoms with Gasteiger partial charge in [-0.15, -0.1) is 0 Å². The van der Waals surface area contributed by atoms with Crippen molar-refractivity contribution in [1.29, 1.82) is 0 Å². The quantitative estimate of drug-likeness (QED) is 0.396. The molecule has 5 nitrogen and oxygen atoms in total. The zero-order valence-corrected chi connectivity index (χ0v) is 10.5. The topological polar surface area (TPSA) is 80.7 Å². The molecule has 0 aliphatic heterocycles. The van der Waals surface area contributed by atoms with E-state index in [2.05, 4.69) is 15.9 Å². The predicted octanol–water partition coefficient (Wildman–Crippen LogP) is 1.62. The Labute approximate surface area is 101 Å². The van der Waals surface area contributed by atoms with Crippen molar-refractivity contribution in [2.75, 3.05) is 5.33 Å². The fraction of sp³-hybridized carbons (Fsp3) is 0.222. The van der Waals surface area contributed by atoms with Gasteiger partial charge in [0.15, 0.2) is 5.75 Å². The normalized spacial score (nSPS) is 11.1. The van der Waals surface area contributed by atoms with Crippen molar-refractivity contribution in [3.05, 3.63) is 24.3 Å². The second kappa shape index (κ2) is 5.42. The highest BCUT2D eigenvalue weighted by Gasteiger charge is 2.17. The van der Waals surface area contributed by atoms with Gasteiger partial charge in [-0.1, -0.05) is 28.1 Å². The van der Waals surface area contributed by atoms with Crippen LogP contribution in [0.3, 0.4) is 0 Å². The number of ether oxygens (including phenoxy) is 1. The van der Waals surface area contributed by atoms with Crippen molar-refractivity contribution in [1.82, 2.24) is 0 Å². The summed E-state index contributed by atoms with van der Waals surface area (Å²) >= 11 is 3.05. The van der Waals surface area contributed by atoms with Gasteiger partial charge in [-0.2, -0.15) is 8.42 Å². The molecule has 1 aromatic carbocycles. The minimum absolute atomic E-state index is 0.111. The highest BCUT2D eigenvalue weighted by atomic mass is 79.9. The molecule has 0 atom stereocenters. The molecule has 88 valence electrons. The standard InChI is InChI=1S/C9H9BrO5S/c10-6-5-9(11)15-7-3-1-2-4-8(7)16(12,13)14/h1-4H,5-6H2,(H,12,13,14). The molecule has 0 aliphatic carbocycles. The van der Waals surface area contributed by atoms with Crippen LogP contribution in [0.25, 0.3) is 0 Å². The molecular formula is C9H9BrO5S. The summed E-state index contributed by atoms with van der Waals surface area (Å²) < 4.78 is 35.6. The third kappa shape index (κ3) is 3.58. The molecule has 0 unspecified atom stereocenters. The van der Waals surface area contributed by atoms with Gasteiger partial charge in [0.05, 0.1) is 6.42 Å². The van der Waals surface area contributed by atoms with E-state index in [-0.39, 0.29) is 12.2 Å². The Hall–Kier alpha value is -0.920. The van der Waals surface area contributed by atoms with Gasteiger partial charge in [0.2, 0.25) is 0 Å². The third-order valence-corrected chi connectivity index (χ3v) is 2.94. The highest BCUT2D eigenvalue weighted by molar-refractivity contribution is 9.09. The zero-order valence-electron chi connectivity index (χ0n) is 8.09. The summed E-state index contributed by atoms with van der Waals surface area (Å²) in [5, 5.41) is 0.417. The molecule has 1 N–H and O–H groups in total. The number of esters is 1.